The number of carbonyl (C=O) groups is 1. The van der Waals surface area contributed by atoms with E-state index in [0.717, 1.165) is 0 Å². The molecule has 42 valence electrons. The molecule has 2 N–H and O–H groups in total. The van der Waals surface area contributed by atoms with Crippen LogP contribution in [0.5, 0.6) is 0 Å². The third-order valence-corrected chi connectivity index (χ3v) is 0.521. The molecule has 0 atom stereocenters. The van der Waals surface area contributed by atoms with Gasteiger partial charge in [-0.25, -0.2) is 0 Å². The standard InChI is InChI=1S/C3H7NO2S/c4-1-3(5)6-2-7/h7H,1-2,4H2. The molecule has 0 aromatic rings. The Balaban J connectivity index is 3.00. The molecule has 0 spiro atoms. The van der Waals surface area contributed by atoms with Crippen LogP contribution < -0.4 is 5.73 Å². The van der Waals surface area contributed by atoms with Crippen molar-refractivity contribution in [2.24, 2.45) is 5.73 Å². The van der Waals surface area contributed by atoms with Gasteiger partial charge in [-0.3, -0.25) is 4.79 Å². The van der Waals surface area contributed by atoms with Crippen molar-refractivity contribution in [3.05, 3.63) is 0 Å². The second kappa shape index (κ2) is 3.95. The molecule has 0 bridgehead atoms. The minimum absolute atomic E-state index is 0.0689. The molecule has 0 amide bonds. The van der Waals surface area contributed by atoms with E-state index >= 15 is 0 Å². The van der Waals surface area contributed by atoms with Crippen molar-refractivity contribution in [2.45, 2.75) is 0 Å². The van der Waals surface area contributed by atoms with Crippen LogP contribution in [0, 0.1) is 0 Å². The van der Waals surface area contributed by atoms with Gasteiger partial charge < -0.3 is 10.5 Å². The predicted molar refractivity (Wildman–Crippen MR) is 29.0 cm³/mol. The molecule has 0 saturated carbocycles. The molecule has 0 saturated heterocycles. The van der Waals surface area contributed by atoms with Crippen molar-refractivity contribution in [3.63, 3.8) is 0 Å². The lowest BCUT2D eigenvalue weighted by Crippen LogP contribution is -2.15. The lowest BCUT2D eigenvalue weighted by atomic mass is 10.7. The summed E-state index contributed by atoms with van der Waals surface area (Å²) in [5.74, 6) is -0.314. The summed E-state index contributed by atoms with van der Waals surface area (Å²) in [6, 6.07) is 0. The minimum atomic E-state index is -0.421. The number of hydrogen-bond donors (Lipinski definition) is 2. The van der Waals surface area contributed by atoms with Crippen molar-refractivity contribution >= 4 is 18.6 Å². The smallest absolute Gasteiger partial charge is 0.320 e. The van der Waals surface area contributed by atoms with E-state index in [1.807, 2.05) is 0 Å². The van der Waals surface area contributed by atoms with Gasteiger partial charge in [-0.15, -0.1) is 12.6 Å². The first-order chi connectivity index (χ1) is 3.31. The Kier molecular flexibility index (Phi) is 3.83. The second-order valence-electron chi connectivity index (χ2n) is 0.850. The Morgan fingerprint density at radius 2 is 2.43 bits per heavy atom. The summed E-state index contributed by atoms with van der Waals surface area (Å²) in [7, 11) is 0. The molecule has 0 aliphatic carbocycles. The number of ether oxygens (including phenoxy) is 1. The summed E-state index contributed by atoms with van der Waals surface area (Å²) in [5, 5.41) is 0. The summed E-state index contributed by atoms with van der Waals surface area (Å²) in [6.07, 6.45) is 0. The van der Waals surface area contributed by atoms with Gasteiger partial charge >= 0.3 is 5.97 Å². The molecule has 0 unspecified atom stereocenters. The van der Waals surface area contributed by atoms with Gasteiger partial charge in [-0.1, -0.05) is 0 Å². The summed E-state index contributed by atoms with van der Waals surface area (Å²) in [5.41, 5.74) is 4.85. The van der Waals surface area contributed by atoms with Crippen LogP contribution in [-0.4, -0.2) is 18.5 Å². The van der Waals surface area contributed by atoms with Gasteiger partial charge in [0.1, 0.15) is 5.94 Å². The fourth-order valence-electron chi connectivity index (χ4n) is 0.131. The van der Waals surface area contributed by atoms with Gasteiger partial charge in [0, 0.05) is 0 Å². The fourth-order valence-corrected chi connectivity index (χ4v) is 0.275. The van der Waals surface area contributed by atoms with E-state index in [0.29, 0.717) is 0 Å². The topological polar surface area (TPSA) is 52.3 Å². The third kappa shape index (κ3) is 3.61. The largest absolute Gasteiger partial charge is 0.454 e. The van der Waals surface area contributed by atoms with Gasteiger partial charge in [-0.05, 0) is 0 Å². The first kappa shape index (κ1) is 6.78. The van der Waals surface area contributed by atoms with Crippen molar-refractivity contribution in [3.8, 4) is 0 Å². The molecular weight excluding hydrogens is 114 g/mol. The van der Waals surface area contributed by atoms with Crippen LogP contribution in [0.1, 0.15) is 0 Å². The molecule has 0 aromatic heterocycles. The molecule has 3 nitrogen and oxygen atoms in total. The maximum absolute atomic E-state index is 10.0. The van der Waals surface area contributed by atoms with Gasteiger partial charge in [0.25, 0.3) is 0 Å². The van der Waals surface area contributed by atoms with E-state index in [2.05, 4.69) is 17.4 Å². The van der Waals surface area contributed by atoms with E-state index in [1.54, 1.807) is 0 Å². The van der Waals surface area contributed by atoms with Crippen LogP contribution in [0.2, 0.25) is 0 Å². The van der Waals surface area contributed by atoms with Gasteiger partial charge in [0.2, 0.25) is 0 Å². The lowest BCUT2D eigenvalue weighted by molar-refractivity contribution is -0.139. The molecule has 0 aromatic carbocycles. The van der Waals surface area contributed by atoms with Crippen molar-refractivity contribution in [1.29, 1.82) is 0 Å². The number of thiol groups is 1. The predicted octanol–water partition coefficient (Wildman–Crippen LogP) is -0.624. The number of hydrogen-bond acceptors (Lipinski definition) is 4. The Hall–Kier alpha value is -0.220. The zero-order valence-corrected chi connectivity index (χ0v) is 4.65. The summed E-state index contributed by atoms with van der Waals surface area (Å²) >= 11 is 3.62. The van der Waals surface area contributed by atoms with Crippen molar-refractivity contribution < 1.29 is 9.53 Å². The highest BCUT2D eigenvalue weighted by Crippen LogP contribution is 1.76. The molecule has 0 radical (unpaired) electrons. The van der Waals surface area contributed by atoms with Crippen LogP contribution in [-0.2, 0) is 9.53 Å². The molecule has 0 rings (SSSR count). The van der Waals surface area contributed by atoms with Crippen molar-refractivity contribution in [2.75, 3.05) is 12.5 Å². The average molecular weight is 121 g/mol. The molecular formula is C3H7NO2S. The summed E-state index contributed by atoms with van der Waals surface area (Å²) in [6.45, 7) is -0.0689. The number of rotatable bonds is 2. The zero-order valence-electron chi connectivity index (χ0n) is 3.76. The number of esters is 1. The number of carbonyl (C=O) groups excluding carboxylic acids is 1. The summed E-state index contributed by atoms with van der Waals surface area (Å²) in [4.78, 5) is 10.0. The molecule has 0 aliphatic rings. The fraction of sp³-hybridized carbons (Fsp3) is 0.667. The van der Waals surface area contributed by atoms with Crippen LogP contribution in [0.4, 0.5) is 0 Å². The highest BCUT2D eigenvalue weighted by molar-refractivity contribution is 7.80. The first-order valence-corrected chi connectivity index (χ1v) is 2.41. The molecule has 7 heavy (non-hydrogen) atoms. The van der Waals surface area contributed by atoms with Crippen LogP contribution in [0.3, 0.4) is 0 Å². The Morgan fingerprint density at radius 1 is 1.86 bits per heavy atom. The second-order valence-corrected chi connectivity index (χ2v) is 1.11. The van der Waals surface area contributed by atoms with E-state index in [4.69, 9.17) is 5.73 Å². The SMILES string of the molecule is NCC(=O)OCS. The van der Waals surface area contributed by atoms with Crippen LogP contribution >= 0.6 is 12.6 Å². The van der Waals surface area contributed by atoms with Crippen LogP contribution in [0.25, 0.3) is 0 Å². The highest BCUT2D eigenvalue weighted by Gasteiger charge is 1.91. The Morgan fingerprint density at radius 3 is 2.57 bits per heavy atom. The van der Waals surface area contributed by atoms with Gasteiger partial charge in [0.05, 0.1) is 6.54 Å². The molecule has 0 aliphatic heterocycles. The zero-order chi connectivity index (χ0) is 5.70. The average Bonchev–Trinajstić information content (AvgIpc) is 1.68. The van der Waals surface area contributed by atoms with Gasteiger partial charge in [0.15, 0.2) is 0 Å². The maximum Gasteiger partial charge on any atom is 0.320 e. The van der Waals surface area contributed by atoms with E-state index in [-0.39, 0.29) is 12.5 Å². The molecule has 0 heterocycles. The number of nitrogens with two attached hydrogens (primary N) is 1. The first-order valence-electron chi connectivity index (χ1n) is 1.77. The summed E-state index contributed by atoms with van der Waals surface area (Å²) < 4.78 is 4.29. The monoisotopic (exact) mass is 121 g/mol. The maximum atomic E-state index is 10.0. The van der Waals surface area contributed by atoms with Gasteiger partial charge in [-0.2, -0.15) is 0 Å². The normalized spacial score (nSPS) is 8.29. The Bertz CT molecular complexity index is 66.0. The molecule has 4 heteroatoms. The van der Waals surface area contributed by atoms with E-state index in [1.165, 1.54) is 0 Å². The molecule has 0 fully saturated rings. The Labute approximate surface area is 47.2 Å². The minimum Gasteiger partial charge on any atom is -0.454 e. The van der Waals surface area contributed by atoms with E-state index < -0.39 is 5.97 Å². The highest BCUT2D eigenvalue weighted by atomic mass is 32.1. The van der Waals surface area contributed by atoms with Crippen molar-refractivity contribution in [1.82, 2.24) is 0 Å². The van der Waals surface area contributed by atoms with Crippen LogP contribution in [0.15, 0.2) is 0 Å². The van der Waals surface area contributed by atoms with E-state index in [9.17, 15) is 4.79 Å². The quantitative estimate of drug-likeness (QED) is 0.291. The third-order valence-electron chi connectivity index (χ3n) is 0.392. The lowest BCUT2D eigenvalue weighted by Gasteiger charge is -1.93.